The van der Waals surface area contributed by atoms with E-state index in [-0.39, 0.29) is 6.03 Å². The van der Waals surface area contributed by atoms with E-state index in [9.17, 15) is 4.79 Å². The zero-order valence-corrected chi connectivity index (χ0v) is 17.5. The largest absolute Gasteiger partial charge is 0.497 e. The van der Waals surface area contributed by atoms with Crippen LogP contribution in [0.1, 0.15) is 17.5 Å². The van der Waals surface area contributed by atoms with Gasteiger partial charge in [-0.05, 0) is 65.1 Å². The van der Waals surface area contributed by atoms with E-state index in [1.807, 2.05) is 77.7 Å². The fraction of sp³-hybridized carbons (Fsp3) is 0.200. The van der Waals surface area contributed by atoms with Crippen molar-refractivity contribution >= 4 is 16.8 Å². The summed E-state index contributed by atoms with van der Waals surface area (Å²) in [7, 11) is 1.66. The van der Waals surface area contributed by atoms with Crippen molar-refractivity contribution < 1.29 is 9.53 Å². The Morgan fingerprint density at radius 3 is 2.61 bits per heavy atom. The number of amides is 2. The van der Waals surface area contributed by atoms with Gasteiger partial charge in [0.05, 0.1) is 19.0 Å². The smallest absolute Gasteiger partial charge is 0.315 e. The molecule has 6 heteroatoms. The van der Waals surface area contributed by atoms with E-state index in [0.717, 1.165) is 46.2 Å². The highest BCUT2D eigenvalue weighted by molar-refractivity contribution is 5.84. The highest BCUT2D eigenvalue weighted by Gasteiger charge is 2.04. The molecule has 2 N–H and O–H groups in total. The third-order valence-electron chi connectivity index (χ3n) is 5.15. The number of benzene rings is 3. The average molecular weight is 415 g/mol. The Balaban J connectivity index is 1.19. The van der Waals surface area contributed by atoms with Crippen LogP contribution >= 0.6 is 0 Å². The summed E-state index contributed by atoms with van der Waals surface area (Å²) in [6, 6.07) is 22.0. The van der Waals surface area contributed by atoms with Crippen LogP contribution in [0.3, 0.4) is 0 Å². The van der Waals surface area contributed by atoms with Crippen molar-refractivity contribution in [2.75, 3.05) is 13.7 Å². The average Bonchev–Trinajstić information content (AvgIpc) is 3.29. The summed E-state index contributed by atoms with van der Waals surface area (Å²) in [6.07, 6.45) is 5.63. The van der Waals surface area contributed by atoms with Crippen molar-refractivity contribution in [2.45, 2.75) is 19.4 Å². The minimum atomic E-state index is -0.158. The van der Waals surface area contributed by atoms with Gasteiger partial charge in [0.2, 0.25) is 0 Å². The molecule has 0 spiro atoms. The van der Waals surface area contributed by atoms with Gasteiger partial charge in [0.1, 0.15) is 5.75 Å². The molecule has 158 valence electrons. The summed E-state index contributed by atoms with van der Waals surface area (Å²) in [5, 5.41) is 12.5. The van der Waals surface area contributed by atoms with Crippen LogP contribution in [0.4, 0.5) is 4.79 Å². The fourth-order valence-electron chi connectivity index (χ4n) is 3.46. The summed E-state index contributed by atoms with van der Waals surface area (Å²) in [5.41, 5.74) is 3.25. The van der Waals surface area contributed by atoms with Crippen molar-refractivity contribution in [3.05, 3.63) is 90.3 Å². The number of rotatable bonds is 8. The maximum absolute atomic E-state index is 12.1. The summed E-state index contributed by atoms with van der Waals surface area (Å²) in [5.74, 6) is 0.838. The Kier molecular flexibility index (Phi) is 6.47. The van der Waals surface area contributed by atoms with Crippen molar-refractivity contribution in [1.29, 1.82) is 0 Å². The lowest BCUT2D eigenvalue weighted by Crippen LogP contribution is -2.35. The van der Waals surface area contributed by atoms with Gasteiger partial charge >= 0.3 is 6.03 Å². The SMILES string of the molecule is COc1ccc2cc(CNC(=O)NCCCc3cnn(-c4ccccc4)c3)ccc2c1. The van der Waals surface area contributed by atoms with E-state index in [0.29, 0.717) is 13.1 Å². The van der Waals surface area contributed by atoms with Crippen LogP contribution in [0.15, 0.2) is 79.1 Å². The number of para-hydroxylation sites is 1. The molecule has 6 nitrogen and oxygen atoms in total. The third kappa shape index (κ3) is 5.42. The summed E-state index contributed by atoms with van der Waals surface area (Å²) in [4.78, 5) is 12.1. The highest BCUT2D eigenvalue weighted by atomic mass is 16.5. The van der Waals surface area contributed by atoms with E-state index in [4.69, 9.17) is 4.74 Å². The second-order valence-electron chi connectivity index (χ2n) is 7.39. The number of hydrogen-bond donors (Lipinski definition) is 2. The van der Waals surface area contributed by atoms with Gasteiger partial charge in [0, 0.05) is 19.3 Å². The topological polar surface area (TPSA) is 68.2 Å². The van der Waals surface area contributed by atoms with Crippen LogP contribution in [0, 0.1) is 0 Å². The molecule has 0 unspecified atom stereocenters. The summed E-state index contributed by atoms with van der Waals surface area (Å²) < 4.78 is 7.13. The number of aryl methyl sites for hydroxylation is 1. The van der Waals surface area contributed by atoms with Gasteiger partial charge in [-0.3, -0.25) is 0 Å². The molecule has 0 bridgehead atoms. The second-order valence-corrected chi connectivity index (χ2v) is 7.39. The molecule has 0 saturated carbocycles. The molecule has 0 radical (unpaired) electrons. The number of urea groups is 1. The molecule has 0 fully saturated rings. The predicted molar refractivity (Wildman–Crippen MR) is 123 cm³/mol. The standard InChI is InChI=1S/C25H26N4O2/c1-31-24-12-11-21-14-19(9-10-22(21)15-24)16-27-25(30)26-13-5-6-20-17-28-29(18-20)23-7-3-2-4-8-23/h2-4,7-12,14-15,17-18H,5-6,13,16H2,1H3,(H2,26,27,30). The van der Waals surface area contributed by atoms with Crippen molar-refractivity contribution in [3.63, 3.8) is 0 Å². The molecule has 2 amide bonds. The number of nitrogens with one attached hydrogen (secondary N) is 2. The molecule has 0 atom stereocenters. The van der Waals surface area contributed by atoms with Crippen molar-refractivity contribution in [3.8, 4) is 11.4 Å². The van der Waals surface area contributed by atoms with Gasteiger partial charge in [-0.25, -0.2) is 9.48 Å². The molecule has 4 rings (SSSR count). The Hall–Kier alpha value is -3.80. The maximum Gasteiger partial charge on any atom is 0.315 e. The summed E-state index contributed by atoms with van der Waals surface area (Å²) in [6.45, 7) is 1.09. The van der Waals surface area contributed by atoms with Crippen LogP contribution in [0.5, 0.6) is 5.75 Å². The molecule has 0 aliphatic rings. The number of aromatic nitrogens is 2. The number of nitrogens with zero attached hydrogens (tertiary/aromatic N) is 2. The zero-order valence-electron chi connectivity index (χ0n) is 17.5. The Bertz CT molecular complexity index is 1150. The molecule has 1 aromatic heterocycles. The Morgan fingerprint density at radius 2 is 1.77 bits per heavy atom. The van der Waals surface area contributed by atoms with E-state index in [1.165, 1.54) is 0 Å². The molecule has 0 aliphatic carbocycles. The van der Waals surface area contributed by atoms with Crippen LogP contribution in [-0.2, 0) is 13.0 Å². The number of methoxy groups -OCH3 is 1. The van der Waals surface area contributed by atoms with E-state index >= 15 is 0 Å². The lowest BCUT2D eigenvalue weighted by molar-refractivity contribution is 0.240. The normalized spacial score (nSPS) is 10.7. The van der Waals surface area contributed by atoms with E-state index < -0.39 is 0 Å². The first-order valence-corrected chi connectivity index (χ1v) is 10.4. The van der Waals surface area contributed by atoms with Gasteiger partial charge in [-0.2, -0.15) is 5.10 Å². The van der Waals surface area contributed by atoms with E-state index in [1.54, 1.807) is 7.11 Å². The quantitative estimate of drug-likeness (QED) is 0.418. The van der Waals surface area contributed by atoms with Crippen LogP contribution in [0.25, 0.3) is 16.5 Å². The first-order chi connectivity index (χ1) is 15.2. The number of carbonyl (C=O) groups excluding carboxylic acids is 1. The molecule has 4 aromatic rings. The molecule has 0 aliphatic heterocycles. The Morgan fingerprint density at radius 1 is 0.968 bits per heavy atom. The molecule has 1 heterocycles. The number of hydrogen-bond acceptors (Lipinski definition) is 3. The molecular weight excluding hydrogens is 388 g/mol. The first kappa shape index (κ1) is 20.5. The van der Waals surface area contributed by atoms with Gasteiger partial charge in [-0.15, -0.1) is 0 Å². The number of fused-ring (bicyclic) bond motifs is 1. The highest BCUT2D eigenvalue weighted by Crippen LogP contribution is 2.21. The lowest BCUT2D eigenvalue weighted by atomic mass is 10.1. The molecule has 31 heavy (non-hydrogen) atoms. The van der Waals surface area contributed by atoms with Crippen molar-refractivity contribution in [2.24, 2.45) is 0 Å². The first-order valence-electron chi connectivity index (χ1n) is 10.4. The lowest BCUT2D eigenvalue weighted by Gasteiger charge is -2.09. The fourth-order valence-corrected chi connectivity index (χ4v) is 3.46. The molecule has 0 saturated heterocycles. The van der Waals surface area contributed by atoms with Crippen LogP contribution in [0.2, 0.25) is 0 Å². The second kappa shape index (κ2) is 9.80. The molecule has 3 aromatic carbocycles. The predicted octanol–water partition coefficient (Wildman–Crippen LogP) is 4.47. The number of carbonyl (C=O) groups is 1. The summed E-state index contributed by atoms with van der Waals surface area (Å²) >= 11 is 0. The number of ether oxygens (including phenoxy) is 1. The zero-order chi connectivity index (χ0) is 21.5. The van der Waals surface area contributed by atoms with Gasteiger partial charge < -0.3 is 15.4 Å². The van der Waals surface area contributed by atoms with Gasteiger partial charge in [-0.1, -0.05) is 36.4 Å². The monoisotopic (exact) mass is 414 g/mol. The molecular formula is C25H26N4O2. The van der Waals surface area contributed by atoms with Crippen molar-refractivity contribution in [1.82, 2.24) is 20.4 Å². The Labute approximate surface area is 181 Å². The minimum absolute atomic E-state index is 0.158. The maximum atomic E-state index is 12.1. The van der Waals surface area contributed by atoms with Crippen LogP contribution in [-0.4, -0.2) is 29.5 Å². The van der Waals surface area contributed by atoms with Gasteiger partial charge in [0.15, 0.2) is 0 Å². The van der Waals surface area contributed by atoms with Gasteiger partial charge in [0.25, 0.3) is 0 Å². The minimum Gasteiger partial charge on any atom is -0.497 e. The third-order valence-corrected chi connectivity index (χ3v) is 5.15. The van der Waals surface area contributed by atoms with E-state index in [2.05, 4.69) is 21.8 Å². The van der Waals surface area contributed by atoms with Crippen LogP contribution < -0.4 is 15.4 Å².